The van der Waals surface area contributed by atoms with Crippen molar-refractivity contribution in [3.8, 4) is 5.88 Å². The zero-order chi connectivity index (χ0) is 16.8. The summed E-state index contributed by atoms with van der Waals surface area (Å²) in [4.78, 5) is 8.45. The molecular weight excluding hydrogens is 296 g/mol. The Kier molecular flexibility index (Phi) is 10.6. The highest BCUT2D eigenvalue weighted by atomic mass is 16.5. The van der Waals surface area contributed by atoms with E-state index in [9.17, 15) is 0 Å². The van der Waals surface area contributed by atoms with Gasteiger partial charge in [-0.1, -0.05) is 6.07 Å². The van der Waals surface area contributed by atoms with Crippen molar-refractivity contribution in [1.82, 2.24) is 15.6 Å². The molecule has 0 spiro atoms. The zero-order valence-corrected chi connectivity index (χ0v) is 14.3. The lowest BCUT2D eigenvalue weighted by Gasteiger charge is -2.14. The van der Waals surface area contributed by atoms with E-state index in [0.29, 0.717) is 25.6 Å². The third kappa shape index (κ3) is 8.37. The molecule has 0 aliphatic carbocycles. The summed E-state index contributed by atoms with van der Waals surface area (Å²) in [5, 5.41) is 6.50. The highest BCUT2D eigenvalue weighted by Crippen LogP contribution is 2.13. The lowest BCUT2D eigenvalue weighted by Crippen LogP contribution is -2.37. The van der Waals surface area contributed by atoms with Crippen LogP contribution in [0.3, 0.4) is 0 Å². The van der Waals surface area contributed by atoms with Gasteiger partial charge in [-0.3, -0.25) is 4.99 Å². The second-order valence-corrected chi connectivity index (χ2v) is 4.71. The van der Waals surface area contributed by atoms with Gasteiger partial charge in [-0.25, -0.2) is 4.98 Å². The molecule has 0 bridgehead atoms. The summed E-state index contributed by atoms with van der Waals surface area (Å²) in [6.07, 6.45) is 2.65. The molecule has 0 amide bonds. The van der Waals surface area contributed by atoms with Crippen LogP contribution >= 0.6 is 0 Å². The number of aliphatic imine (C=N–C) groups is 1. The summed E-state index contributed by atoms with van der Waals surface area (Å²) < 4.78 is 15.9. The van der Waals surface area contributed by atoms with Crippen molar-refractivity contribution in [2.75, 3.05) is 47.1 Å². The molecular formula is C16H28N4O3. The summed E-state index contributed by atoms with van der Waals surface area (Å²) in [5.74, 6) is 1.36. The summed E-state index contributed by atoms with van der Waals surface area (Å²) in [6, 6.07) is 3.86. The lowest BCUT2D eigenvalue weighted by atomic mass is 10.2. The van der Waals surface area contributed by atoms with Gasteiger partial charge in [0.05, 0.1) is 6.61 Å². The molecule has 1 heterocycles. The van der Waals surface area contributed by atoms with Crippen molar-refractivity contribution in [2.45, 2.75) is 19.9 Å². The predicted octanol–water partition coefficient (Wildman–Crippen LogP) is 1.20. The third-order valence-electron chi connectivity index (χ3n) is 3.01. The Morgan fingerprint density at radius 3 is 2.87 bits per heavy atom. The molecule has 0 atom stereocenters. The lowest BCUT2D eigenvalue weighted by molar-refractivity contribution is 0.143. The number of pyridine rings is 1. The predicted molar refractivity (Wildman–Crippen MR) is 90.9 cm³/mol. The molecule has 1 rings (SSSR count). The maximum Gasteiger partial charge on any atom is 0.218 e. The van der Waals surface area contributed by atoms with Gasteiger partial charge in [0.2, 0.25) is 5.88 Å². The molecule has 130 valence electrons. The van der Waals surface area contributed by atoms with Crippen LogP contribution in [0.5, 0.6) is 5.88 Å². The molecule has 7 heteroatoms. The number of hydrogen-bond donors (Lipinski definition) is 2. The van der Waals surface area contributed by atoms with Crippen molar-refractivity contribution >= 4 is 5.96 Å². The monoisotopic (exact) mass is 324 g/mol. The first-order valence-electron chi connectivity index (χ1n) is 7.89. The molecule has 1 aromatic heterocycles. The molecule has 2 N–H and O–H groups in total. The third-order valence-corrected chi connectivity index (χ3v) is 3.01. The Balaban J connectivity index is 2.39. The standard InChI is InChI=1S/C16H28N4O3/c1-4-22-10-6-9-19-16(17-2)20-13-14-7-5-8-18-15(14)23-12-11-21-3/h5,7-8H,4,6,9-13H2,1-3H3,(H2,17,19,20). The largest absolute Gasteiger partial charge is 0.475 e. The summed E-state index contributed by atoms with van der Waals surface area (Å²) >= 11 is 0. The Bertz CT molecular complexity index is 455. The number of rotatable bonds is 11. The molecule has 0 saturated heterocycles. The molecule has 0 aliphatic heterocycles. The highest BCUT2D eigenvalue weighted by molar-refractivity contribution is 5.79. The first-order chi connectivity index (χ1) is 11.3. The molecule has 0 unspecified atom stereocenters. The fraction of sp³-hybridized carbons (Fsp3) is 0.625. The topological polar surface area (TPSA) is 77.0 Å². The summed E-state index contributed by atoms with van der Waals surface area (Å²) in [5.41, 5.74) is 0.973. The Hall–Kier alpha value is -1.86. The van der Waals surface area contributed by atoms with Crippen LogP contribution in [0.15, 0.2) is 23.3 Å². The molecule has 0 fully saturated rings. The van der Waals surface area contributed by atoms with Crippen molar-refractivity contribution in [3.05, 3.63) is 23.9 Å². The normalized spacial score (nSPS) is 11.3. The van der Waals surface area contributed by atoms with E-state index in [2.05, 4.69) is 20.6 Å². The van der Waals surface area contributed by atoms with Gasteiger partial charge in [-0.2, -0.15) is 0 Å². The maximum absolute atomic E-state index is 5.62. The molecule has 0 aromatic carbocycles. The van der Waals surface area contributed by atoms with Crippen LogP contribution in [0.4, 0.5) is 0 Å². The number of hydrogen-bond acceptors (Lipinski definition) is 5. The molecule has 23 heavy (non-hydrogen) atoms. The molecule has 0 aliphatic rings. The van der Waals surface area contributed by atoms with Crippen molar-refractivity contribution < 1.29 is 14.2 Å². The van der Waals surface area contributed by atoms with Crippen LogP contribution in [0.1, 0.15) is 18.9 Å². The Morgan fingerprint density at radius 1 is 1.26 bits per heavy atom. The molecule has 7 nitrogen and oxygen atoms in total. The number of ether oxygens (including phenoxy) is 3. The number of nitrogens with one attached hydrogen (secondary N) is 2. The van der Waals surface area contributed by atoms with Crippen molar-refractivity contribution in [1.29, 1.82) is 0 Å². The zero-order valence-electron chi connectivity index (χ0n) is 14.3. The minimum Gasteiger partial charge on any atom is -0.475 e. The van der Waals surface area contributed by atoms with Gasteiger partial charge in [0.15, 0.2) is 5.96 Å². The van der Waals surface area contributed by atoms with Gasteiger partial charge in [-0.15, -0.1) is 0 Å². The number of aromatic nitrogens is 1. The van der Waals surface area contributed by atoms with E-state index in [1.807, 2.05) is 19.1 Å². The van der Waals surface area contributed by atoms with E-state index in [1.165, 1.54) is 0 Å². The first-order valence-corrected chi connectivity index (χ1v) is 7.89. The second kappa shape index (κ2) is 12.7. The summed E-state index contributed by atoms with van der Waals surface area (Å²) in [7, 11) is 3.39. The molecule has 1 aromatic rings. The van der Waals surface area contributed by atoms with E-state index in [0.717, 1.165) is 37.7 Å². The van der Waals surface area contributed by atoms with E-state index in [-0.39, 0.29) is 0 Å². The average Bonchev–Trinajstić information content (AvgIpc) is 2.58. The molecule has 0 radical (unpaired) electrons. The van der Waals surface area contributed by atoms with E-state index < -0.39 is 0 Å². The molecule has 0 saturated carbocycles. The first kappa shape index (κ1) is 19.2. The van der Waals surface area contributed by atoms with Gasteiger partial charge in [0.25, 0.3) is 0 Å². The van der Waals surface area contributed by atoms with Crippen LogP contribution in [0, 0.1) is 0 Å². The number of guanidine groups is 1. The van der Waals surface area contributed by atoms with E-state index >= 15 is 0 Å². The van der Waals surface area contributed by atoms with Crippen LogP contribution in [0.2, 0.25) is 0 Å². The van der Waals surface area contributed by atoms with Crippen LogP contribution in [0.25, 0.3) is 0 Å². The Morgan fingerprint density at radius 2 is 2.13 bits per heavy atom. The summed E-state index contributed by atoms with van der Waals surface area (Å²) in [6.45, 7) is 5.90. The van der Waals surface area contributed by atoms with Gasteiger partial charge < -0.3 is 24.8 Å². The number of nitrogens with zero attached hydrogens (tertiary/aromatic N) is 2. The van der Waals surface area contributed by atoms with Crippen molar-refractivity contribution in [2.24, 2.45) is 4.99 Å². The Labute approximate surface area is 138 Å². The minimum atomic E-state index is 0.477. The second-order valence-electron chi connectivity index (χ2n) is 4.71. The van der Waals surface area contributed by atoms with Crippen LogP contribution in [-0.4, -0.2) is 58.1 Å². The van der Waals surface area contributed by atoms with Gasteiger partial charge >= 0.3 is 0 Å². The van der Waals surface area contributed by atoms with Crippen LogP contribution in [-0.2, 0) is 16.0 Å². The minimum absolute atomic E-state index is 0.477. The van der Waals surface area contributed by atoms with E-state index in [1.54, 1.807) is 20.4 Å². The van der Waals surface area contributed by atoms with Gasteiger partial charge in [-0.05, 0) is 19.4 Å². The highest BCUT2D eigenvalue weighted by Gasteiger charge is 2.05. The van der Waals surface area contributed by atoms with Gasteiger partial charge in [0, 0.05) is 52.2 Å². The fourth-order valence-corrected chi connectivity index (χ4v) is 1.84. The maximum atomic E-state index is 5.62. The average molecular weight is 324 g/mol. The quantitative estimate of drug-likeness (QED) is 0.362. The van der Waals surface area contributed by atoms with Gasteiger partial charge in [0.1, 0.15) is 6.61 Å². The number of methoxy groups -OCH3 is 1. The smallest absolute Gasteiger partial charge is 0.218 e. The van der Waals surface area contributed by atoms with E-state index in [4.69, 9.17) is 14.2 Å². The van der Waals surface area contributed by atoms with Crippen LogP contribution < -0.4 is 15.4 Å². The SMILES string of the molecule is CCOCCCNC(=NC)NCc1cccnc1OCCOC. The fourth-order valence-electron chi connectivity index (χ4n) is 1.84. The van der Waals surface area contributed by atoms with Crippen molar-refractivity contribution in [3.63, 3.8) is 0 Å².